The zero-order chi connectivity index (χ0) is 29.1. The molecule has 0 bridgehead atoms. The molecule has 3 N–H and O–H groups in total. The van der Waals surface area contributed by atoms with Crippen molar-refractivity contribution in [3.8, 4) is 0 Å². The lowest BCUT2D eigenvalue weighted by atomic mass is 9.94. The van der Waals surface area contributed by atoms with E-state index in [1.165, 1.54) is 0 Å². The molecule has 38 heavy (non-hydrogen) atoms. The van der Waals surface area contributed by atoms with E-state index >= 15 is 0 Å². The van der Waals surface area contributed by atoms with Crippen molar-refractivity contribution in [2.45, 2.75) is 115 Å². The molecule has 10 nitrogen and oxygen atoms in total. The molecule has 0 aromatic heterocycles. The summed E-state index contributed by atoms with van der Waals surface area (Å²) in [6.07, 6.45) is -0.0167. The molecule has 0 saturated carbocycles. The lowest BCUT2D eigenvalue weighted by Crippen LogP contribution is -2.43. The summed E-state index contributed by atoms with van der Waals surface area (Å²) in [6.45, 7) is 13.2. The molecule has 0 aromatic rings. The third-order valence-corrected chi connectivity index (χ3v) is 5.97. The fraction of sp³-hybridized carbons (Fsp3) is 0.643. The fourth-order valence-corrected chi connectivity index (χ4v) is 3.82. The van der Waals surface area contributed by atoms with Crippen molar-refractivity contribution in [3.63, 3.8) is 0 Å². The van der Waals surface area contributed by atoms with E-state index in [4.69, 9.17) is 14.2 Å². The van der Waals surface area contributed by atoms with Gasteiger partial charge in [0, 0.05) is 37.5 Å². The van der Waals surface area contributed by atoms with Crippen LogP contribution in [0.2, 0.25) is 0 Å². The largest absolute Gasteiger partial charge is 0.456 e. The Bertz CT molecular complexity index is 778. The maximum Gasteiger partial charge on any atom is 0.330 e. The van der Waals surface area contributed by atoms with Crippen LogP contribution in [0.25, 0.3) is 0 Å². The van der Waals surface area contributed by atoms with E-state index in [1.807, 2.05) is 0 Å². The molecule has 0 heterocycles. The summed E-state index contributed by atoms with van der Waals surface area (Å²) in [5.74, 6) is -2.25. The molecule has 6 atom stereocenters. The second kappa shape index (κ2) is 20.2. The molecular weight excluding hydrogens is 496 g/mol. The second-order valence-corrected chi connectivity index (χ2v) is 9.13. The van der Waals surface area contributed by atoms with Crippen LogP contribution in [0, 0.1) is 0 Å². The molecule has 0 aliphatic rings. The number of ether oxygens (including phenoxy) is 3. The Morgan fingerprint density at radius 1 is 0.658 bits per heavy atom. The Kier molecular flexibility index (Phi) is 18.7. The van der Waals surface area contributed by atoms with Crippen molar-refractivity contribution in [3.05, 3.63) is 38.0 Å². The minimum atomic E-state index is -1.45. The van der Waals surface area contributed by atoms with Gasteiger partial charge in [0.1, 0.15) is 24.1 Å². The molecule has 0 aliphatic heterocycles. The maximum atomic E-state index is 11.9. The highest BCUT2D eigenvalue weighted by molar-refractivity contribution is 5.82. The Morgan fingerprint density at radius 2 is 1.05 bits per heavy atom. The van der Waals surface area contributed by atoms with E-state index in [0.717, 1.165) is 43.9 Å². The molecule has 0 amide bonds. The molecule has 0 fully saturated rings. The van der Waals surface area contributed by atoms with Gasteiger partial charge in [-0.15, -0.1) is 0 Å². The molecule has 0 rings (SSSR count). The standard InChI is InChI=1S/C28H44O10/c1-6-23(36-26(33)7-2)21(31)17-25(38-28(35)9-4)22(32)18-24(37-27(34)8-3)20(30)16-14-12-10-11-13-15-19(5)29/h7-9,20-25,30-32H,2-4,6,10-18H2,1,5H3. The highest BCUT2D eigenvalue weighted by Crippen LogP contribution is 2.22. The van der Waals surface area contributed by atoms with Crippen molar-refractivity contribution in [1.82, 2.24) is 0 Å². The predicted molar refractivity (Wildman–Crippen MR) is 141 cm³/mol. The van der Waals surface area contributed by atoms with Crippen LogP contribution in [0.5, 0.6) is 0 Å². The SMILES string of the molecule is C=CC(=O)OC(CC)C(O)CC(OC(=O)C=C)C(O)CC(OC(=O)C=C)C(O)CCCCCCCC(C)=O. The lowest BCUT2D eigenvalue weighted by Gasteiger charge is -2.31. The summed E-state index contributed by atoms with van der Waals surface area (Å²) in [7, 11) is 0. The Balaban J connectivity index is 5.33. The van der Waals surface area contributed by atoms with E-state index < -0.39 is 54.5 Å². The Morgan fingerprint density at radius 3 is 1.50 bits per heavy atom. The molecule has 0 radical (unpaired) electrons. The van der Waals surface area contributed by atoms with Crippen LogP contribution in [-0.4, -0.2) is 75.6 Å². The number of aliphatic hydroxyl groups is 3. The van der Waals surface area contributed by atoms with Gasteiger partial charge >= 0.3 is 17.9 Å². The zero-order valence-electron chi connectivity index (χ0n) is 22.6. The number of carbonyl (C=O) groups excluding carboxylic acids is 4. The van der Waals surface area contributed by atoms with E-state index in [-0.39, 0.29) is 31.5 Å². The van der Waals surface area contributed by atoms with Crippen LogP contribution in [-0.2, 0) is 33.4 Å². The fourth-order valence-electron chi connectivity index (χ4n) is 3.82. The maximum absolute atomic E-state index is 11.9. The van der Waals surface area contributed by atoms with Crippen LogP contribution in [0.4, 0.5) is 0 Å². The average Bonchev–Trinajstić information content (AvgIpc) is 2.89. The van der Waals surface area contributed by atoms with Crippen LogP contribution < -0.4 is 0 Å². The van der Waals surface area contributed by atoms with Crippen molar-refractivity contribution in [1.29, 1.82) is 0 Å². The van der Waals surface area contributed by atoms with Crippen LogP contribution in [0.15, 0.2) is 38.0 Å². The normalized spacial score (nSPS) is 15.6. The van der Waals surface area contributed by atoms with E-state index in [0.29, 0.717) is 12.8 Å². The van der Waals surface area contributed by atoms with Gasteiger partial charge in [-0.1, -0.05) is 52.3 Å². The lowest BCUT2D eigenvalue weighted by molar-refractivity contribution is -0.164. The van der Waals surface area contributed by atoms with Crippen molar-refractivity contribution in [2.24, 2.45) is 0 Å². The highest BCUT2D eigenvalue weighted by Gasteiger charge is 2.34. The minimum absolute atomic E-state index is 0.151. The molecule has 0 aromatic carbocycles. The number of hydrogen-bond acceptors (Lipinski definition) is 10. The third kappa shape index (κ3) is 15.4. The van der Waals surface area contributed by atoms with Crippen LogP contribution in [0.1, 0.15) is 78.1 Å². The number of rotatable bonds is 22. The number of unbranched alkanes of at least 4 members (excludes halogenated alkanes) is 4. The number of hydrogen-bond donors (Lipinski definition) is 3. The number of Topliss-reactive ketones (excluding diaryl/α,β-unsaturated/α-hetero) is 1. The number of carbonyl (C=O) groups is 4. The second-order valence-electron chi connectivity index (χ2n) is 9.13. The van der Waals surface area contributed by atoms with Crippen molar-refractivity contribution in [2.75, 3.05) is 0 Å². The number of esters is 3. The van der Waals surface area contributed by atoms with Gasteiger partial charge in [0.25, 0.3) is 0 Å². The Hall–Kier alpha value is -2.82. The zero-order valence-corrected chi connectivity index (χ0v) is 22.6. The summed E-state index contributed by atoms with van der Waals surface area (Å²) in [5.41, 5.74) is 0. The highest BCUT2D eigenvalue weighted by atomic mass is 16.6. The van der Waals surface area contributed by atoms with Gasteiger partial charge in [0.05, 0.1) is 18.3 Å². The average molecular weight is 541 g/mol. The monoisotopic (exact) mass is 540 g/mol. The Labute approximate surface area is 225 Å². The number of ketones is 1. The van der Waals surface area contributed by atoms with E-state index in [1.54, 1.807) is 13.8 Å². The molecule has 216 valence electrons. The van der Waals surface area contributed by atoms with Crippen molar-refractivity contribution < 1.29 is 48.7 Å². The first-order valence-electron chi connectivity index (χ1n) is 13.0. The predicted octanol–water partition coefficient (Wildman–Crippen LogP) is 2.87. The summed E-state index contributed by atoms with van der Waals surface area (Å²) < 4.78 is 15.6. The van der Waals surface area contributed by atoms with Gasteiger partial charge < -0.3 is 34.3 Å². The molecular formula is C28H44O10. The minimum Gasteiger partial charge on any atom is -0.456 e. The van der Waals surface area contributed by atoms with Crippen LogP contribution in [0.3, 0.4) is 0 Å². The first-order chi connectivity index (χ1) is 18.0. The van der Waals surface area contributed by atoms with Gasteiger partial charge in [-0.25, -0.2) is 14.4 Å². The first kappa shape index (κ1) is 35.2. The molecule has 0 aliphatic carbocycles. The van der Waals surface area contributed by atoms with Gasteiger partial charge in [0.2, 0.25) is 0 Å². The smallest absolute Gasteiger partial charge is 0.330 e. The third-order valence-electron chi connectivity index (χ3n) is 5.97. The molecule has 6 unspecified atom stereocenters. The topological polar surface area (TPSA) is 157 Å². The molecule has 0 spiro atoms. The first-order valence-corrected chi connectivity index (χ1v) is 13.0. The quantitative estimate of drug-likeness (QED) is 0.0807. The van der Waals surface area contributed by atoms with Crippen LogP contribution >= 0.6 is 0 Å². The summed E-state index contributed by atoms with van der Waals surface area (Å²) in [5, 5.41) is 32.2. The van der Waals surface area contributed by atoms with Gasteiger partial charge in [-0.05, 0) is 26.2 Å². The molecule has 0 saturated heterocycles. The van der Waals surface area contributed by atoms with E-state index in [9.17, 15) is 34.5 Å². The van der Waals surface area contributed by atoms with Gasteiger partial charge in [0.15, 0.2) is 0 Å². The van der Waals surface area contributed by atoms with Gasteiger partial charge in [-0.2, -0.15) is 0 Å². The summed E-state index contributed by atoms with van der Waals surface area (Å²) in [6, 6.07) is 0. The number of aliphatic hydroxyl groups excluding tert-OH is 3. The summed E-state index contributed by atoms with van der Waals surface area (Å²) in [4.78, 5) is 46.4. The van der Waals surface area contributed by atoms with E-state index in [2.05, 4.69) is 19.7 Å². The molecule has 10 heteroatoms. The van der Waals surface area contributed by atoms with Gasteiger partial charge in [-0.3, -0.25) is 0 Å². The van der Waals surface area contributed by atoms with Crippen molar-refractivity contribution >= 4 is 23.7 Å². The summed E-state index contributed by atoms with van der Waals surface area (Å²) >= 11 is 0.